The van der Waals surface area contributed by atoms with Crippen molar-refractivity contribution in [2.24, 2.45) is 35.0 Å². The number of ether oxygens (including phenoxy) is 1. The molecule has 0 aliphatic heterocycles. The Kier molecular flexibility index (Phi) is 8.64. The van der Waals surface area contributed by atoms with Gasteiger partial charge in [0.1, 0.15) is 5.75 Å². The molecule has 2 amide bonds. The van der Waals surface area contributed by atoms with Gasteiger partial charge >= 0.3 is 0 Å². The summed E-state index contributed by atoms with van der Waals surface area (Å²) < 4.78 is 5.41. The third-order valence-electron chi connectivity index (χ3n) is 9.89. The smallest absolute Gasteiger partial charge is 0.223 e. The first-order valence-corrected chi connectivity index (χ1v) is 14.1. The zero-order valence-electron chi connectivity index (χ0n) is 22.6. The SMILES string of the molecule is COc1ccccc1CNC(=O)[C@@H](C)[C@@H]1CC[C@@]2(C)CC[C@H](NC(=O)C3CCCCC3)[C@@H](C)[C@@H]2[C@H]1O. The molecule has 3 fully saturated rings. The molecule has 1 aromatic rings. The van der Waals surface area contributed by atoms with Crippen molar-refractivity contribution in [2.45, 2.75) is 97.2 Å². The second-order valence-electron chi connectivity index (χ2n) is 12.0. The molecule has 6 heteroatoms. The lowest BCUT2D eigenvalue weighted by Gasteiger charge is -2.56. The fourth-order valence-electron chi connectivity index (χ4n) is 7.55. The Morgan fingerprint density at radius 1 is 1.11 bits per heavy atom. The van der Waals surface area contributed by atoms with Crippen LogP contribution in [0.3, 0.4) is 0 Å². The Hall–Kier alpha value is -2.08. The van der Waals surface area contributed by atoms with Gasteiger partial charge in [0.2, 0.25) is 11.8 Å². The summed E-state index contributed by atoms with van der Waals surface area (Å²) in [5.41, 5.74) is 0.990. The Balaban J connectivity index is 1.39. The van der Waals surface area contributed by atoms with Crippen LogP contribution in [0.5, 0.6) is 5.75 Å². The summed E-state index contributed by atoms with van der Waals surface area (Å²) in [6.45, 7) is 6.86. The Morgan fingerprint density at radius 3 is 2.53 bits per heavy atom. The molecule has 200 valence electrons. The summed E-state index contributed by atoms with van der Waals surface area (Å²) in [6, 6.07) is 7.80. The monoisotopic (exact) mass is 498 g/mol. The Labute approximate surface area is 217 Å². The van der Waals surface area contributed by atoms with Crippen LogP contribution in [0.15, 0.2) is 24.3 Å². The molecule has 3 aliphatic rings. The molecule has 0 unspecified atom stereocenters. The fraction of sp³-hybridized carbons (Fsp3) is 0.733. The van der Waals surface area contributed by atoms with Crippen molar-refractivity contribution >= 4 is 11.8 Å². The van der Waals surface area contributed by atoms with E-state index in [1.54, 1.807) is 7.11 Å². The number of nitrogens with one attached hydrogen (secondary N) is 2. The standard InChI is InChI=1S/C30H46N2O4/c1-19(28(34)31-18-22-12-8-9-13-25(22)36-4)23-14-16-30(3)17-15-24(20(2)26(30)27(23)33)32-29(35)21-10-6-5-7-11-21/h8-9,12-13,19-21,23-24,26-27,33H,5-7,10-11,14-18H2,1-4H3,(H,31,34)(H,32,35)/t19-,20+,23-,24-,26+,27-,30-/m0/s1. The number of aliphatic hydroxyl groups excluding tert-OH is 1. The van der Waals surface area contributed by atoms with Crippen LogP contribution in [0, 0.1) is 35.0 Å². The highest BCUT2D eigenvalue weighted by atomic mass is 16.5. The van der Waals surface area contributed by atoms with E-state index in [1.807, 2.05) is 31.2 Å². The normalized spacial score (nSPS) is 33.8. The zero-order valence-corrected chi connectivity index (χ0v) is 22.6. The first kappa shape index (κ1) is 27.0. The van der Waals surface area contributed by atoms with Crippen LogP contribution in [0.1, 0.15) is 84.1 Å². The summed E-state index contributed by atoms with van der Waals surface area (Å²) in [5, 5.41) is 18.1. The molecule has 0 saturated heterocycles. The number of methoxy groups -OCH3 is 1. The number of hydrogen-bond donors (Lipinski definition) is 3. The van der Waals surface area contributed by atoms with Gasteiger partial charge in [0.25, 0.3) is 0 Å². The van der Waals surface area contributed by atoms with Gasteiger partial charge in [0.05, 0.1) is 13.2 Å². The third kappa shape index (κ3) is 5.58. The van der Waals surface area contributed by atoms with Crippen LogP contribution in [-0.2, 0) is 16.1 Å². The summed E-state index contributed by atoms with van der Waals surface area (Å²) in [7, 11) is 1.63. The maximum absolute atomic E-state index is 13.1. The number of benzene rings is 1. The first-order chi connectivity index (χ1) is 17.2. The average Bonchev–Trinajstić information content (AvgIpc) is 2.89. The van der Waals surface area contributed by atoms with E-state index in [2.05, 4.69) is 24.5 Å². The first-order valence-electron chi connectivity index (χ1n) is 14.1. The van der Waals surface area contributed by atoms with Gasteiger partial charge in [-0.15, -0.1) is 0 Å². The molecular formula is C30H46N2O4. The van der Waals surface area contributed by atoms with Crippen molar-refractivity contribution in [3.63, 3.8) is 0 Å². The highest BCUT2D eigenvalue weighted by Gasteiger charge is 2.54. The maximum Gasteiger partial charge on any atom is 0.223 e. The molecule has 3 saturated carbocycles. The van der Waals surface area contributed by atoms with Crippen LogP contribution in [0.2, 0.25) is 0 Å². The van der Waals surface area contributed by atoms with Crippen LogP contribution < -0.4 is 15.4 Å². The van der Waals surface area contributed by atoms with Crippen molar-refractivity contribution in [1.82, 2.24) is 10.6 Å². The fourth-order valence-corrected chi connectivity index (χ4v) is 7.55. The van der Waals surface area contributed by atoms with Crippen molar-refractivity contribution < 1.29 is 19.4 Å². The van der Waals surface area contributed by atoms with Gasteiger partial charge in [-0.25, -0.2) is 0 Å². The van der Waals surface area contributed by atoms with Crippen molar-refractivity contribution in [2.75, 3.05) is 7.11 Å². The molecule has 0 heterocycles. The number of aliphatic hydroxyl groups is 1. The molecule has 6 nitrogen and oxygen atoms in total. The van der Waals surface area contributed by atoms with Gasteiger partial charge in [-0.2, -0.15) is 0 Å². The van der Waals surface area contributed by atoms with Gasteiger partial charge in [0, 0.05) is 30.0 Å². The molecule has 36 heavy (non-hydrogen) atoms. The highest BCUT2D eigenvalue weighted by molar-refractivity contribution is 5.79. The van der Waals surface area contributed by atoms with E-state index in [0.717, 1.165) is 62.7 Å². The van der Waals surface area contributed by atoms with Crippen molar-refractivity contribution in [3.05, 3.63) is 29.8 Å². The summed E-state index contributed by atoms with van der Waals surface area (Å²) in [4.78, 5) is 26.1. The number of carbonyl (C=O) groups is 2. The van der Waals surface area contributed by atoms with Gasteiger partial charge in [0.15, 0.2) is 0 Å². The lowest BCUT2D eigenvalue weighted by molar-refractivity contribution is -0.144. The van der Waals surface area contributed by atoms with Gasteiger partial charge in [-0.05, 0) is 67.8 Å². The van der Waals surface area contributed by atoms with E-state index < -0.39 is 6.10 Å². The number of para-hydroxylation sites is 1. The molecule has 3 N–H and O–H groups in total. The molecule has 0 radical (unpaired) electrons. The quantitative estimate of drug-likeness (QED) is 0.502. The van der Waals surface area contributed by atoms with E-state index in [4.69, 9.17) is 4.74 Å². The van der Waals surface area contributed by atoms with Gasteiger partial charge in [-0.1, -0.05) is 58.2 Å². The Morgan fingerprint density at radius 2 is 1.81 bits per heavy atom. The third-order valence-corrected chi connectivity index (χ3v) is 9.89. The maximum atomic E-state index is 13.1. The largest absolute Gasteiger partial charge is 0.496 e. The minimum absolute atomic E-state index is 0.0285. The highest BCUT2D eigenvalue weighted by Crippen LogP contribution is 2.55. The van der Waals surface area contributed by atoms with Crippen LogP contribution >= 0.6 is 0 Å². The summed E-state index contributed by atoms with van der Waals surface area (Å²) in [5.74, 6) is 0.968. The second-order valence-corrected chi connectivity index (χ2v) is 12.0. The Bertz CT molecular complexity index is 914. The zero-order chi connectivity index (χ0) is 25.9. The van der Waals surface area contributed by atoms with Crippen molar-refractivity contribution in [1.29, 1.82) is 0 Å². The van der Waals surface area contributed by atoms with E-state index in [1.165, 1.54) is 6.42 Å². The number of amides is 2. The lowest BCUT2D eigenvalue weighted by atomic mass is 9.51. The topological polar surface area (TPSA) is 87.7 Å². The summed E-state index contributed by atoms with van der Waals surface area (Å²) in [6.07, 6.45) is 8.82. The molecule has 3 aliphatic carbocycles. The molecule has 7 atom stereocenters. The number of fused-ring (bicyclic) bond motifs is 1. The van der Waals surface area contributed by atoms with E-state index >= 15 is 0 Å². The van der Waals surface area contributed by atoms with Crippen LogP contribution in [-0.4, -0.2) is 36.2 Å². The molecular weight excluding hydrogens is 452 g/mol. The van der Waals surface area contributed by atoms with Crippen LogP contribution in [0.25, 0.3) is 0 Å². The van der Waals surface area contributed by atoms with Crippen molar-refractivity contribution in [3.8, 4) is 5.75 Å². The number of rotatable bonds is 7. The lowest BCUT2D eigenvalue weighted by Crippen LogP contribution is -2.59. The van der Waals surface area contributed by atoms with Gasteiger partial charge < -0.3 is 20.5 Å². The predicted molar refractivity (Wildman–Crippen MR) is 141 cm³/mol. The number of carbonyl (C=O) groups excluding carboxylic acids is 2. The average molecular weight is 499 g/mol. The van der Waals surface area contributed by atoms with Gasteiger partial charge in [-0.3, -0.25) is 9.59 Å². The molecule has 0 bridgehead atoms. The number of hydrogen-bond acceptors (Lipinski definition) is 4. The molecule has 1 aromatic carbocycles. The summed E-state index contributed by atoms with van der Waals surface area (Å²) >= 11 is 0. The molecule has 0 aromatic heterocycles. The predicted octanol–water partition coefficient (Wildman–Crippen LogP) is 4.84. The van der Waals surface area contributed by atoms with E-state index in [0.29, 0.717) is 6.54 Å². The minimum atomic E-state index is -0.555. The second kappa shape index (κ2) is 11.5. The minimum Gasteiger partial charge on any atom is -0.496 e. The molecule has 4 rings (SSSR count). The van der Waals surface area contributed by atoms with E-state index in [9.17, 15) is 14.7 Å². The molecule has 0 spiro atoms. The van der Waals surface area contributed by atoms with Crippen LogP contribution in [0.4, 0.5) is 0 Å². The van der Waals surface area contributed by atoms with E-state index in [-0.39, 0.29) is 52.9 Å².